The first-order chi connectivity index (χ1) is 17.8. The molecular formula is C34H26O2. The molecule has 0 fully saturated rings. The summed E-state index contributed by atoms with van der Waals surface area (Å²) in [6.45, 7) is 5.26. The molecule has 36 heavy (non-hydrogen) atoms. The summed E-state index contributed by atoms with van der Waals surface area (Å²) < 4.78 is 11.1. The number of hydrogen-bond donors (Lipinski definition) is 0. The Kier molecular flexibility index (Phi) is 6.88. The smallest absolute Gasteiger partial charge is 0.119 e. The molecule has 5 aromatic rings. The molecule has 0 atom stereocenters. The highest BCUT2D eigenvalue weighted by Gasteiger charge is 2.11. The zero-order valence-electron chi connectivity index (χ0n) is 20.5. The van der Waals surface area contributed by atoms with Crippen molar-refractivity contribution >= 4 is 21.5 Å². The highest BCUT2D eigenvalue weighted by Crippen LogP contribution is 2.32. The zero-order chi connectivity index (χ0) is 24.7. The van der Waals surface area contributed by atoms with E-state index in [1.165, 1.54) is 0 Å². The van der Waals surface area contributed by atoms with Crippen LogP contribution in [0, 0.1) is 23.7 Å². The third-order valence-electron chi connectivity index (χ3n) is 5.93. The molecule has 2 heteroatoms. The topological polar surface area (TPSA) is 18.5 Å². The minimum atomic E-state index is 0.650. The molecule has 0 aromatic heterocycles. The van der Waals surface area contributed by atoms with Gasteiger partial charge in [-0.1, -0.05) is 72.2 Å². The largest absolute Gasteiger partial charge is 0.494 e. The Labute approximate surface area is 212 Å². The number of ether oxygens (including phenoxy) is 2. The van der Waals surface area contributed by atoms with Gasteiger partial charge in [0.25, 0.3) is 0 Å². The first-order valence-electron chi connectivity index (χ1n) is 12.2. The first-order valence-corrected chi connectivity index (χ1v) is 12.2. The molecule has 0 heterocycles. The van der Waals surface area contributed by atoms with Crippen LogP contribution in [-0.2, 0) is 0 Å². The molecule has 5 aromatic carbocycles. The minimum Gasteiger partial charge on any atom is -0.494 e. The summed E-state index contributed by atoms with van der Waals surface area (Å²) in [5.74, 6) is 15.3. The highest BCUT2D eigenvalue weighted by atomic mass is 16.5. The lowest BCUT2D eigenvalue weighted by Gasteiger charge is -2.10. The van der Waals surface area contributed by atoms with Crippen molar-refractivity contribution in [3.63, 3.8) is 0 Å². The maximum absolute atomic E-state index is 5.56. The van der Waals surface area contributed by atoms with E-state index in [1.807, 2.05) is 62.4 Å². The molecule has 0 aliphatic rings. The fourth-order valence-corrected chi connectivity index (χ4v) is 4.27. The number of fused-ring (bicyclic) bond motifs is 2. The normalized spacial score (nSPS) is 10.3. The van der Waals surface area contributed by atoms with E-state index in [0.29, 0.717) is 13.2 Å². The molecule has 0 aliphatic heterocycles. The second kappa shape index (κ2) is 10.7. The van der Waals surface area contributed by atoms with Gasteiger partial charge in [-0.15, -0.1) is 0 Å². The molecule has 0 saturated carbocycles. The lowest BCUT2D eigenvalue weighted by atomic mass is 9.92. The first kappa shape index (κ1) is 23.1. The predicted octanol–water partition coefficient (Wildman–Crippen LogP) is 7.59. The Balaban J connectivity index is 1.63. The molecular weight excluding hydrogens is 440 g/mol. The van der Waals surface area contributed by atoms with Crippen LogP contribution in [0.2, 0.25) is 0 Å². The maximum Gasteiger partial charge on any atom is 0.119 e. The van der Waals surface area contributed by atoms with Crippen LogP contribution in [0.5, 0.6) is 11.5 Å². The average molecular weight is 467 g/mol. The minimum absolute atomic E-state index is 0.650. The van der Waals surface area contributed by atoms with Gasteiger partial charge in [-0.25, -0.2) is 0 Å². The molecule has 0 aliphatic carbocycles. The van der Waals surface area contributed by atoms with E-state index in [2.05, 4.69) is 72.2 Å². The van der Waals surface area contributed by atoms with Crippen molar-refractivity contribution < 1.29 is 9.47 Å². The van der Waals surface area contributed by atoms with E-state index in [4.69, 9.17) is 9.47 Å². The van der Waals surface area contributed by atoms with Gasteiger partial charge in [-0.3, -0.25) is 0 Å². The molecule has 2 nitrogen and oxygen atoms in total. The third-order valence-corrected chi connectivity index (χ3v) is 5.93. The van der Waals surface area contributed by atoms with Gasteiger partial charge in [0, 0.05) is 22.3 Å². The van der Waals surface area contributed by atoms with Crippen molar-refractivity contribution in [2.45, 2.75) is 13.8 Å². The molecule has 0 amide bonds. The van der Waals surface area contributed by atoms with Crippen molar-refractivity contribution in [1.82, 2.24) is 0 Å². The van der Waals surface area contributed by atoms with Gasteiger partial charge in [-0.2, -0.15) is 0 Å². The van der Waals surface area contributed by atoms with Crippen molar-refractivity contribution in [1.29, 1.82) is 0 Å². The Morgan fingerprint density at radius 3 is 1.08 bits per heavy atom. The predicted molar refractivity (Wildman–Crippen MR) is 149 cm³/mol. The number of rotatable bonds is 4. The monoisotopic (exact) mass is 466 g/mol. The quantitative estimate of drug-likeness (QED) is 0.201. The standard InChI is InChI=1S/C34H26O2/c1-3-35-27-19-13-25(14-20-27)17-23-33-29-9-5-7-11-31(29)34(32-12-8-6-10-30(32)33)24-18-26-15-21-28(22-16-26)36-4-2/h5-16,19-22H,3-4H2,1-2H3. The lowest BCUT2D eigenvalue weighted by Crippen LogP contribution is -1.91. The summed E-state index contributed by atoms with van der Waals surface area (Å²) in [6.07, 6.45) is 0. The fourth-order valence-electron chi connectivity index (χ4n) is 4.27. The lowest BCUT2D eigenvalue weighted by molar-refractivity contribution is 0.340. The Hall–Kier alpha value is -4.66. The summed E-state index contributed by atoms with van der Waals surface area (Å²) >= 11 is 0. The van der Waals surface area contributed by atoms with Gasteiger partial charge in [0.1, 0.15) is 11.5 Å². The number of benzene rings is 5. The Morgan fingerprint density at radius 2 is 0.778 bits per heavy atom. The van der Waals surface area contributed by atoms with Gasteiger partial charge >= 0.3 is 0 Å². The van der Waals surface area contributed by atoms with E-state index in [9.17, 15) is 0 Å². The molecule has 5 rings (SSSR count). The summed E-state index contributed by atoms with van der Waals surface area (Å²) in [5, 5.41) is 4.41. The molecule has 0 unspecified atom stereocenters. The third kappa shape index (κ3) is 4.90. The van der Waals surface area contributed by atoms with Gasteiger partial charge in [-0.05, 0) is 83.9 Å². The molecule has 0 N–H and O–H groups in total. The van der Waals surface area contributed by atoms with Crippen LogP contribution in [0.1, 0.15) is 36.1 Å². The van der Waals surface area contributed by atoms with Crippen molar-refractivity contribution in [3.05, 3.63) is 119 Å². The summed E-state index contributed by atoms with van der Waals surface area (Å²) in [7, 11) is 0. The highest BCUT2D eigenvalue weighted by molar-refractivity contribution is 6.09. The second-order valence-corrected chi connectivity index (χ2v) is 8.26. The van der Waals surface area contributed by atoms with Crippen LogP contribution in [-0.4, -0.2) is 13.2 Å². The number of hydrogen-bond acceptors (Lipinski definition) is 2. The van der Waals surface area contributed by atoms with Crippen LogP contribution >= 0.6 is 0 Å². The fraction of sp³-hybridized carbons (Fsp3) is 0.118. The summed E-state index contributed by atoms with van der Waals surface area (Å²) in [6, 6.07) is 32.6. The van der Waals surface area contributed by atoms with Gasteiger partial charge in [0.15, 0.2) is 0 Å². The molecule has 0 radical (unpaired) electrons. The molecule has 0 bridgehead atoms. The van der Waals surface area contributed by atoms with E-state index < -0.39 is 0 Å². The Bertz CT molecular complexity index is 1460. The molecule has 0 saturated heterocycles. The van der Waals surface area contributed by atoms with Gasteiger partial charge in [0.05, 0.1) is 13.2 Å². The van der Waals surface area contributed by atoms with Crippen LogP contribution in [0.25, 0.3) is 21.5 Å². The summed E-state index contributed by atoms with van der Waals surface area (Å²) in [5.41, 5.74) is 3.93. The van der Waals surface area contributed by atoms with E-state index in [1.54, 1.807) is 0 Å². The average Bonchev–Trinajstić information content (AvgIpc) is 2.92. The maximum atomic E-state index is 5.56. The van der Waals surface area contributed by atoms with Gasteiger partial charge in [0.2, 0.25) is 0 Å². The van der Waals surface area contributed by atoms with Crippen LogP contribution in [0.4, 0.5) is 0 Å². The van der Waals surface area contributed by atoms with Crippen LogP contribution in [0.15, 0.2) is 97.1 Å². The van der Waals surface area contributed by atoms with Crippen LogP contribution < -0.4 is 9.47 Å². The summed E-state index contributed by atoms with van der Waals surface area (Å²) in [4.78, 5) is 0. The van der Waals surface area contributed by atoms with E-state index in [0.717, 1.165) is 55.3 Å². The van der Waals surface area contributed by atoms with E-state index >= 15 is 0 Å². The second-order valence-electron chi connectivity index (χ2n) is 8.26. The van der Waals surface area contributed by atoms with Gasteiger partial charge < -0.3 is 9.47 Å². The van der Waals surface area contributed by atoms with Crippen molar-refractivity contribution in [2.75, 3.05) is 13.2 Å². The molecule has 0 spiro atoms. The Morgan fingerprint density at radius 1 is 0.444 bits per heavy atom. The molecule has 174 valence electrons. The van der Waals surface area contributed by atoms with Crippen molar-refractivity contribution in [2.24, 2.45) is 0 Å². The van der Waals surface area contributed by atoms with Crippen molar-refractivity contribution in [3.8, 4) is 35.2 Å². The van der Waals surface area contributed by atoms with E-state index in [-0.39, 0.29) is 0 Å². The zero-order valence-corrected chi connectivity index (χ0v) is 20.5. The SMILES string of the molecule is CCOc1ccc(C#Cc2c3ccccc3c(C#Cc3ccc(OCC)cc3)c3ccccc23)cc1. The van der Waals surface area contributed by atoms with Crippen LogP contribution in [0.3, 0.4) is 0 Å².